The van der Waals surface area contributed by atoms with Crippen molar-refractivity contribution in [3.63, 3.8) is 0 Å². The molecule has 1 aliphatic heterocycles. The largest absolute Gasteiger partial charge is 0.337 e. The topological polar surface area (TPSA) is 32.3 Å². The number of rotatable bonds is 0. The summed E-state index contributed by atoms with van der Waals surface area (Å²) in [7, 11) is 0. The van der Waals surface area contributed by atoms with Crippen LogP contribution in [0.5, 0.6) is 0 Å². The summed E-state index contributed by atoms with van der Waals surface area (Å²) in [6, 6.07) is 0. The SMILES string of the molecule is CC(C)(C)N1CCNCCC1=O. The van der Waals surface area contributed by atoms with Gasteiger partial charge in [0.25, 0.3) is 0 Å². The van der Waals surface area contributed by atoms with Crippen LogP contribution >= 0.6 is 0 Å². The van der Waals surface area contributed by atoms with E-state index in [-0.39, 0.29) is 11.4 Å². The van der Waals surface area contributed by atoms with Gasteiger partial charge in [-0.3, -0.25) is 4.79 Å². The van der Waals surface area contributed by atoms with Crippen LogP contribution in [0.4, 0.5) is 0 Å². The fourth-order valence-corrected chi connectivity index (χ4v) is 1.48. The van der Waals surface area contributed by atoms with Crippen LogP contribution in [0, 0.1) is 0 Å². The van der Waals surface area contributed by atoms with Gasteiger partial charge in [-0.1, -0.05) is 0 Å². The van der Waals surface area contributed by atoms with Crippen molar-refractivity contribution < 1.29 is 4.79 Å². The monoisotopic (exact) mass is 170 g/mol. The van der Waals surface area contributed by atoms with E-state index in [1.54, 1.807) is 0 Å². The fourth-order valence-electron chi connectivity index (χ4n) is 1.48. The van der Waals surface area contributed by atoms with E-state index in [2.05, 4.69) is 26.1 Å². The number of hydrogen-bond acceptors (Lipinski definition) is 2. The Kier molecular flexibility index (Phi) is 2.73. The number of amides is 1. The van der Waals surface area contributed by atoms with Crippen molar-refractivity contribution in [2.75, 3.05) is 19.6 Å². The van der Waals surface area contributed by atoms with Gasteiger partial charge < -0.3 is 10.2 Å². The molecular weight excluding hydrogens is 152 g/mol. The molecule has 0 aromatic heterocycles. The van der Waals surface area contributed by atoms with Crippen LogP contribution < -0.4 is 5.32 Å². The van der Waals surface area contributed by atoms with E-state index < -0.39 is 0 Å². The fraction of sp³-hybridized carbons (Fsp3) is 0.889. The van der Waals surface area contributed by atoms with E-state index in [0.29, 0.717) is 6.42 Å². The van der Waals surface area contributed by atoms with Crippen molar-refractivity contribution in [1.82, 2.24) is 10.2 Å². The van der Waals surface area contributed by atoms with E-state index in [9.17, 15) is 4.79 Å². The number of hydrogen-bond donors (Lipinski definition) is 1. The average molecular weight is 170 g/mol. The predicted molar refractivity (Wildman–Crippen MR) is 49.0 cm³/mol. The molecule has 12 heavy (non-hydrogen) atoms. The van der Waals surface area contributed by atoms with Crippen LogP contribution in [0.2, 0.25) is 0 Å². The minimum absolute atomic E-state index is 0.0247. The first-order chi connectivity index (χ1) is 5.52. The molecule has 0 aromatic rings. The lowest BCUT2D eigenvalue weighted by Crippen LogP contribution is -2.46. The highest BCUT2D eigenvalue weighted by Gasteiger charge is 2.26. The zero-order valence-corrected chi connectivity index (χ0v) is 8.18. The molecule has 0 radical (unpaired) electrons. The summed E-state index contributed by atoms with van der Waals surface area (Å²) in [4.78, 5) is 13.5. The first-order valence-electron chi connectivity index (χ1n) is 4.53. The summed E-state index contributed by atoms with van der Waals surface area (Å²) >= 11 is 0. The molecule has 3 nitrogen and oxygen atoms in total. The number of nitrogens with one attached hydrogen (secondary N) is 1. The van der Waals surface area contributed by atoms with Gasteiger partial charge in [0.1, 0.15) is 0 Å². The van der Waals surface area contributed by atoms with Gasteiger partial charge in [0, 0.05) is 31.6 Å². The highest BCUT2D eigenvalue weighted by Crippen LogP contribution is 2.14. The Morgan fingerprint density at radius 3 is 2.58 bits per heavy atom. The lowest BCUT2D eigenvalue weighted by atomic mass is 10.1. The first kappa shape index (κ1) is 9.52. The summed E-state index contributed by atoms with van der Waals surface area (Å²) in [6.07, 6.45) is 0.636. The molecule has 1 fully saturated rings. The van der Waals surface area contributed by atoms with Gasteiger partial charge in [-0.2, -0.15) is 0 Å². The maximum Gasteiger partial charge on any atom is 0.224 e. The molecule has 1 rings (SSSR count). The van der Waals surface area contributed by atoms with Gasteiger partial charge >= 0.3 is 0 Å². The van der Waals surface area contributed by atoms with E-state index in [1.807, 2.05) is 4.90 Å². The number of carbonyl (C=O) groups is 1. The molecule has 0 bridgehead atoms. The van der Waals surface area contributed by atoms with Crippen molar-refractivity contribution in [3.05, 3.63) is 0 Å². The lowest BCUT2D eigenvalue weighted by molar-refractivity contribution is -0.134. The van der Waals surface area contributed by atoms with Crippen LogP contribution in [0.25, 0.3) is 0 Å². The highest BCUT2D eigenvalue weighted by atomic mass is 16.2. The molecule has 1 heterocycles. The van der Waals surface area contributed by atoms with E-state index in [0.717, 1.165) is 19.6 Å². The average Bonchev–Trinajstić information content (AvgIpc) is 2.11. The minimum atomic E-state index is -0.0247. The standard InChI is InChI=1S/C9H18N2O/c1-9(2,3)11-7-6-10-5-4-8(11)12/h10H,4-7H2,1-3H3. The summed E-state index contributed by atoms with van der Waals surface area (Å²) in [5.74, 6) is 0.271. The van der Waals surface area contributed by atoms with Crippen LogP contribution in [0.3, 0.4) is 0 Å². The molecule has 1 aliphatic rings. The van der Waals surface area contributed by atoms with Crippen LogP contribution in [-0.4, -0.2) is 36.0 Å². The molecule has 70 valence electrons. The zero-order chi connectivity index (χ0) is 9.19. The molecule has 0 saturated carbocycles. The van der Waals surface area contributed by atoms with Crippen LogP contribution in [0.15, 0.2) is 0 Å². The first-order valence-corrected chi connectivity index (χ1v) is 4.53. The van der Waals surface area contributed by atoms with E-state index in [4.69, 9.17) is 0 Å². The van der Waals surface area contributed by atoms with Gasteiger partial charge in [-0.25, -0.2) is 0 Å². The minimum Gasteiger partial charge on any atom is -0.337 e. The van der Waals surface area contributed by atoms with Crippen molar-refractivity contribution in [2.45, 2.75) is 32.7 Å². The highest BCUT2D eigenvalue weighted by molar-refractivity contribution is 5.77. The summed E-state index contributed by atoms with van der Waals surface area (Å²) in [6.45, 7) is 8.82. The Balaban J connectivity index is 2.66. The molecule has 1 saturated heterocycles. The molecule has 0 spiro atoms. The molecule has 0 unspecified atom stereocenters. The third-order valence-corrected chi connectivity index (χ3v) is 2.14. The van der Waals surface area contributed by atoms with Crippen molar-refractivity contribution in [3.8, 4) is 0 Å². The number of carbonyl (C=O) groups excluding carboxylic acids is 1. The maximum atomic E-state index is 11.5. The predicted octanol–water partition coefficient (Wildman–Crippen LogP) is 0.607. The quantitative estimate of drug-likeness (QED) is 0.577. The Labute approximate surface area is 74.1 Å². The van der Waals surface area contributed by atoms with Gasteiger partial charge in [-0.05, 0) is 20.8 Å². The molecule has 1 N–H and O–H groups in total. The van der Waals surface area contributed by atoms with Gasteiger partial charge in [0.05, 0.1) is 0 Å². The van der Waals surface area contributed by atoms with E-state index in [1.165, 1.54) is 0 Å². The van der Waals surface area contributed by atoms with Crippen molar-refractivity contribution in [2.24, 2.45) is 0 Å². The van der Waals surface area contributed by atoms with Crippen LogP contribution in [0.1, 0.15) is 27.2 Å². The molecule has 0 aromatic carbocycles. The second kappa shape index (κ2) is 3.44. The Hall–Kier alpha value is -0.570. The van der Waals surface area contributed by atoms with E-state index >= 15 is 0 Å². The molecular formula is C9H18N2O. The maximum absolute atomic E-state index is 11.5. The summed E-state index contributed by atoms with van der Waals surface area (Å²) in [5.41, 5.74) is -0.0247. The second-order valence-electron chi connectivity index (χ2n) is 4.22. The molecule has 3 heteroatoms. The summed E-state index contributed by atoms with van der Waals surface area (Å²) < 4.78 is 0. The third kappa shape index (κ3) is 2.21. The Bertz CT molecular complexity index is 172. The van der Waals surface area contributed by atoms with Crippen molar-refractivity contribution in [1.29, 1.82) is 0 Å². The van der Waals surface area contributed by atoms with Crippen molar-refractivity contribution >= 4 is 5.91 Å². The third-order valence-electron chi connectivity index (χ3n) is 2.14. The lowest BCUT2D eigenvalue weighted by Gasteiger charge is -2.34. The molecule has 0 atom stereocenters. The smallest absolute Gasteiger partial charge is 0.224 e. The Morgan fingerprint density at radius 1 is 1.33 bits per heavy atom. The van der Waals surface area contributed by atoms with Crippen LogP contribution in [-0.2, 0) is 4.79 Å². The Morgan fingerprint density at radius 2 is 2.00 bits per heavy atom. The number of nitrogens with zero attached hydrogens (tertiary/aromatic N) is 1. The van der Waals surface area contributed by atoms with Gasteiger partial charge in [-0.15, -0.1) is 0 Å². The van der Waals surface area contributed by atoms with Gasteiger partial charge in [0.2, 0.25) is 5.91 Å². The second-order valence-corrected chi connectivity index (χ2v) is 4.22. The molecule has 1 amide bonds. The zero-order valence-electron chi connectivity index (χ0n) is 8.18. The summed E-state index contributed by atoms with van der Waals surface area (Å²) in [5, 5.41) is 3.22. The molecule has 0 aliphatic carbocycles. The van der Waals surface area contributed by atoms with Gasteiger partial charge in [0.15, 0.2) is 0 Å². The normalized spacial score (nSPS) is 20.9.